The number of hydrogen-bond acceptors (Lipinski definition) is 4. The minimum atomic E-state index is -0.380. The monoisotopic (exact) mass is 289 g/mol. The molecule has 0 unspecified atom stereocenters. The summed E-state index contributed by atoms with van der Waals surface area (Å²) >= 11 is 0. The maximum absolute atomic E-state index is 12.1. The Hall–Kier alpha value is -2.37. The Labute approximate surface area is 122 Å². The summed E-state index contributed by atoms with van der Waals surface area (Å²) in [4.78, 5) is 26.7. The number of hydrogen-bond donors (Lipinski definition) is 2. The zero-order valence-corrected chi connectivity index (χ0v) is 12.6. The van der Waals surface area contributed by atoms with Crippen LogP contribution in [0.2, 0.25) is 0 Å². The molecule has 0 aromatic carbocycles. The zero-order chi connectivity index (χ0) is 15.6. The normalized spacial score (nSPS) is 12.2. The van der Waals surface area contributed by atoms with E-state index in [4.69, 9.17) is 4.52 Å². The van der Waals surface area contributed by atoms with Crippen molar-refractivity contribution in [3.05, 3.63) is 50.8 Å². The molecule has 0 saturated heterocycles. The second-order valence-corrected chi connectivity index (χ2v) is 5.24. The molecule has 2 N–H and O–H groups in total. The van der Waals surface area contributed by atoms with Crippen molar-refractivity contribution in [1.82, 2.24) is 15.5 Å². The summed E-state index contributed by atoms with van der Waals surface area (Å²) in [7, 11) is 0. The molecule has 0 aliphatic rings. The molecule has 2 heterocycles. The van der Waals surface area contributed by atoms with Crippen molar-refractivity contribution in [2.24, 2.45) is 0 Å². The van der Waals surface area contributed by atoms with Crippen molar-refractivity contribution in [3.63, 3.8) is 0 Å². The van der Waals surface area contributed by atoms with Gasteiger partial charge in [0.2, 0.25) is 0 Å². The minimum absolute atomic E-state index is 0.0599. The van der Waals surface area contributed by atoms with Gasteiger partial charge in [-0.05, 0) is 20.8 Å². The maximum Gasteiger partial charge on any atom is 0.256 e. The highest BCUT2D eigenvalue weighted by atomic mass is 16.5. The molecule has 0 aliphatic carbocycles. The molecule has 0 spiro atoms. The molecular formula is C15H19N3O3. The molecule has 0 fully saturated rings. The van der Waals surface area contributed by atoms with Gasteiger partial charge in [0.15, 0.2) is 5.43 Å². The highest BCUT2D eigenvalue weighted by Crippen LogP contribution is 2.22. The van der Waals surface area contributed by atoms with E-state index >= 15 is 0 Å². The van der Waals surface area contributed by atoms with Crippen LogP contribution in [0.15, 0.2) is 21.6 Å². The average Bonchev–Trinajstić information content (AvgIpc) is 2.75. The van der Waals surface area contributed by atoms with Gasteiger partial charge in [-0.15, -0.1) is 0 Å². The fourth-order valence-corrected chi connectivity index (χ4v) is 2.39. The Bertz CT molecular complexity index is 696. The lowest BCUT2D eigenvalue weighted by Gasteiger charge is -2.12. The molecule has 1 atom stereocenters. The molecule has 6 nitrogen and oxygen atoms in total. The predicted octanol–water partition coefficient (Wildman–Crippen LogP) is 1.82. The van der Waals surface area contributed by atoms with E-state index in [1.165, 1.54) is 12.3 Å². The van der Waals surface area contributed by atoms with Crippen molar-refractivity contribution in [2.75, 3.05) is 6.54 Å². The quantitative estimate of drug-likeness (QED) is 0.898. The average molecular weight is 289 g/mol. The Balaban J connectivity index is 2.06. The third-order valence-electron chi connectivity index (χ3n) is 3.45. The third kappa shape index (κ3) is 3.21. The molecule has 21 heavy (non-hydrogen) atoms. The first-order chi connectivity index (χ1) is 9.90. The number of H-pyrrole nitrogens is 1. The van der Waals surface area contributed by atoms with E-state index in [1.807, 2.05) is 20.8 Å². The third-order valence-corrected chi connectivity index (χ3v) is 3.45. The SMILES string of the molecule is Cc1cc(=O)c(C(=O)NC[C@H](C)c2c(C)noc2C)c[nH]1. The minimum Gasteiger partial charge on any atom is -0.364 e. The molecule has 0 aliphatic heterocycles. The molecule has 2 aromatic heterocycles. The van der Waals surface area contributed by atoms with Crippen molar-refractivity contribution in [1.29, 1.82) is 0 Å². The summed E-state index contributed by atoms with van der Waals surface area (Å²) in [6.45, 7) is 7.87. The van der Waals surface area contributed by atoms with Gasteiger partial charge in [0.25, 0.3) is 5.91 Å². The Morgan fingerprint density at radius 2 is 2.14 bits per heavy atom. The fraction of sp³-hybridized carbons (Fsp3) is 0.400. The number of pyridine rings is 1. The highest BCUT2D eigenvalue weighted by molar-refractivity contribution is 5.93. The lowest BCUT2D eigenvalue weighted by atomic mass is 9.99. The van der Waals surface area contributed by atoms with Crippen LogP contribution >= 0.6 is 0 Å². The summed E-state index contributed by atoms with van der Waals surface area (Å²) in [6, 6.07) is 1.41. The molecule has 0 bridgehead atoms. The number of carbonyl (C=O) groups is 1. The molecule has 2 rings (SSSR count). The molecule has 0 radical (unpaired) electrons. The van der Waals surface area contributed by atoms with Gasteiger partial charge >= 0.3 is 0 Å². The maximum atomic E-state index is 12.1. The number of amides is 1. The van der Waals surface area contributed by atoms with Crippen LogP contribution in [0.5, 0.6) is 0 Å². The molecule has 2 aromatic rings. The lowest BCUT2D eigenvalue weighted by Crippen LogP contribution is -2.31. The number of carbonyl (C=O) groups excluding carboxylic acids is 1. The first-order valence-corrected chi connectivity index (χ1v) is 6.80. The summed E-state index contributed by atoms with van der Waals surface area (Å²) in [6.07, 6.45) is 1.44. The van der Waals surface area contributed by atoms with Crippen molar-refractivity contribution in [3.8, 4) is 0 Å². The Morgan fingerprint density at radius 1 is 1.43 bits per heavy atom. The van der Waals surface area contributed by atoms with Crippen LogP contribution in [0, 0.1) is 20.8 Å². The second-order valence-electron chi connectivity index (χ2n) is 5.24. The van der Waals surface area contributed by atoms with Gasteiger partial charge in [0, 0.05) is 36.0 Å². The van der Waals surface area contributed by atoms with E-state index in [0.717, 1.165) is 22.7 Å². The van der Waals surface area contributed by atoms with Crippen LogP contribution in [0.25, 0.3) is 0 Å². The molecule has 0 saturated carbocycles. The van der Waals surface area contributed by atoms with E-state index in [0.29, 0.717) is 6.54 Å². The molecule has 6 heteroatoms. The van der Waals surface area contributed by atoms with E-state index in [2.05, 4.69) is 15.5 Å². The number of aryl methyl sites for hydroxylation is 3. The fourth-order valence-electron chi connectivity index (χ4n) is 2.39. The Kier molecular flexibility index (Phi) is 4.26. The highest BCUT2D eigenvalue weighted by Gasteiger charge is 2.18. The number of nitrogens with zero attached hydrogens (tertiary/aromatic N) is 1. The van der Waals surface area contributed by atoms with Gasteiger partial charge in [-0.1, -0.05) is 12.1 Å². The van der Waals surface area contributed by atoms with Crippen LogP contribution in [0.1, 0.15) is 45.9 Å². The van der Waals surface area contributed by atoms with Gasteiger partial charge < -0.3 is 14.8 Å². The van der Waals surface area contributed by atoms with Crippen LogP contribution in [-0.2, 0) is 0 Å². The molecular weight excluding hydrogens is 270 g/mol. The van der Waals surface area contributed by atoms with Gasteiger partial charge in [-0.3, -0.25) is 9.59 Å². The summed E-state index contributed by atoms with van der Waals surface area (Å²) < 4.78 is 5.12. The lowest BCUT2D eigenvalue weighted by molar-refractivity contribution is 0.0950. The van der Waals surface area contributed by atoms with E-state index < -0.39 is 0 Å². The van der Waals surface area contributed by atoms with E-state index in [9.17, 15) is 9.59 Å². The van der Waals surface area contributed by atoms with Crippen LogP contribution in [0.3, 0.4) is 0 Å². The number of aromatic nitrogens is 2. The molecule has 1 amide bonds. The first kappa shape index (κ1) is 15.0. The van der Waals surface area contributed by atoms with Crippen LogP contribution in [-0.4, -0.2) is 22.6 Å². The number of rotatable bonds is 4. The van der Waals surface area contributed by atoms with Crippen molar-refractivity contribution < 1.29 is 9.32 Å². The van der Waals surface area contributed by atoms with Gasteiger partial charge in [0.05, 0.1) is 5.69 Å². The van der Waals surface area contributed by atoms with E-state index in [-0.39, 0.29) is 22.8 Å². The number of nitrogens with one attached hydrogen (secondary N) is 2. The first-order valence-electron chi connectivity index (χ1n) is 6.80. The second kappa shape index (κ2) is 5.95. The van der Waals surface area contributed by atoms with Crippen molar-refractivity contribution >= 4 is 5.91 Å². The van der Waals surface area contributed by atoms with Crippen LogP contribution < -0.4 is 10.7 Å². The van der Waals surface area contributed by atoms with Crippen molar-refractivity contribution in [2.45, 2.75) is 33.6 Å². The summed E-state index contributed by atoms with van der Waals surface area (Å²) in [5, 5.41) is 6.68. The number of aromatic amines is 1. The van der Waals surface area contributed by atoms with E-state index in [1.54, 1.807) is 6.92 Å². The summed E-state index contributed by atoms with van der Waals surface area (Å²) in [5.74, 6) is 0.432. The predicted molar refractivity (Wildman–Crippen MR) is 78.5 cm³/mol. The summed E-state index contributed by atoms with van der Waals surface area (Å²) in [5.41, 5.74) is 2.37. The zero-order valence-electron chi connectivity index (χ0n) is 12.6. The largest absolute Gasteiger partial charge is 0.364 e. The molecule has 112 valence electrons. The van der Waals surface area contributed by atoms with Crippen LogP contribution in [0.4, 0.5) is 0 Å². The standard InChI is InChI=1S/C15H19N3O3/c1-8(14-10(3)18-21-11(14)4)6-17-15(20)12-7-16-9(2)5-13(12)19/h5,7-8H,6H2,1-4H3,(H,16,19)(H,17,20)/t8-/m0/s1. The smallest absolute Gasteiger partial charge is 0.256 e. The van der Waals surface area contributed by atoms with Gasteiger partial charge in [0.1, 0.15) is 11.3 Å². The van der Waals surface area contributed by atoms with Gasteiger partial charge in [-0.2, -0.15) is 0 Å². The topological polar surface area (TPSA) is 88.0 Å². The Morgan fingerprint density at radius 3 is 2.71 bits per heavy atom. The van der Waals surface area contributed by atoms with Gasteiger partial charge in [-0.25, -0.2) is 0 Å².